The van der Waals surface area contributed by atoms with E-state index in [0.717, 1.165) is 37.7 Å². The van der Waals surface area contributed by atoms with Crippen molar-refractivity contribution in [1.82, 2.24) is 34.6 Å². The SMILES string of the molecule is CN(C(=O)C1(n2cccn2)CCC1)C1CC(Oc2cc(-c3cnc(N)nc3)nc(N3CCOCC3)n2)C1. The minimum absolute atomic E-state index is 0.0368. The number of aromatic nitrogens is 6. The van der Waals surface area contributed by atoms with Gasteiger partial charge < -0.3 is 25.0 Å². The van der Waals surface area contributed by atoms with E-state index in [1.54, 1.807) is 18.6 Å². The lowest BCUT2D eigenvalue weighted by Gasteiger charge is -2.47. The van der Waals surface area contributed by atoms with Gasteiger partial charge in [0.15, 0.2) is 0 Å². The van der Waals surface area contributed by atoms with Crippen molar-refractivity contribution in [2.24, 2.45) is 0 Å². The quantitative estimate of drug-likeness (QED) is 0.503. The van der Waals surface area contributed by atoms with E-state index in [1.807, 2.05) is 35.0 Å². The fraction of sp³-hybridized carbons (Fsp3) is 0.520. The Hall–Kier alpha value is -3.80. The molecule has 0 spiro atoms. The van der Waals surface area contributed by atoms with Crippen molar-refractivity contribution in [1.29, 1.82) is 0 Å². The number of ether oxygens (including phenoxy) is 2. The Bertz CT molecular complexity index is 1230. The summed E-state index contributed by atoms with van der Waals surface area (Å²) in [6.07, 6.45) is 11.1. The largest absolute Gasteiger partial charge is 0.474 e. The Kier molecular flexibility index (Phi) is 6.11. The summed E-state index contributed by atoms with van der Waals surface area (Å²) in [7, 11) is 1.90. The lowest BCUT2D eigenvalue weighted by Crippen LogP contribution is -2.59. The number of nitrogens with two attached hydrogens (primary N) is 1. The van der Waals surface area contributed by atoms with Crippen molar-refractivity contribution in [2.75, 3.05) is 44.0 Å². The fourth-order valence-electron chi connectivity index (χ4n) is 5.19. The van der Waals surface area contributed by atoms with Crippen LogP contribution in [0.4, 0.5) is 11.9 Å². The van der Waals surface area contributed by atoms with Crippen LogP contribution in [0.15, 0.2) is 36.9 Å². The van der Waals surface area contributed by atoms with Crippen LogP contribution in [0, 0.1) is 0 Å². The summed E-state index contributed by atoms with van der Waals surface area (Å²) in [5, 5.41) is 4.38. The molecule has 2 N–H and O–H groups in total. The third kappa shape index (κ3) is 4.45. The average molecular weight is 506 g/mol. The van der Waals surface area contributed by atoms with E-state index >= 15 is 0 Å². The summed E-state index contributed by atoms with van der Waals surface area (Å²) in [5.41, 5.74) is 6.52. The molecule has 3 aromatic heterocycles. The van der Waals surface area contributed by atoms with Crippen molar-refractivity contribution in [3.63, 3.8) is 0 Å². The number of likely N-dealkylation sites (N-methyl/N-ethyl adjacent to an activating group) is 1. The third-order valence-electron chi connectivity index (χ3n) is 7.70. The third-order valence-corrected chi connectivity index (χ3v) is 7.70. The predicted octanol–water partition coefficient (Wildman–Crippen LogP) is 1.50. The standard InChI is InChI=1S/C25H31N9O3/c1-32(22(35)25(4-2-5-25)34-7-3-6-29-34)18-12-19(13-18)37-21-14-20(17-15-27-23(26)28-16-17)30-24(31-21)33-8-10-36-11-9-33/h3,6-7,14-16,18-19H,2,4-5,8-13H2,1H3,(H2,26,27,28). The number of morpholine rings is 1. The molecule has 1 aliphatic heterocycles. The summed E-state index contributed by atoms with van der Waals surface area (Å²) in [5.74, 6) is 1.42. The van der Waals surface area contributed by atoms with Gasteiger partial charge in [0.2, 0.25) is 17.8 Å². The Balaban J connectivity index is 1.15. The van der Waals surface area contributed by atoms with Crippen LogP contribution in [-0.4, -0.2) is 86.0 Å². The molecule has 1 amide bonds. The molecular formula is C25H31N9O3. The molecule has 12 heteroatoms. The number of nitrogens with zero attached hydrogens (tertiary/aromatic N) is 8. The van der Waals surface area contributed by atoms with Crippen molar-refractivity contribution in [3.05, 3.63) is 36.9 Å². The maximum Gasteiger partial charge on any atom is 0.250 e. The Morgan fingerprint density at radius 1 is 1.19 bits per heavy atom. The summed E-state index contributed by atoms with van der Waals surface area (Å²) in [6.45, 7) is 2.66. The normalized spacial score (nSPS) is 22.6. The van der Waals surface area contributed by atoms with Gasteiger partial charge in [0.1, 0.15) is 11.6 Å². The smallest absolute Gasteiger partial charge is 0.250 e. The summed E-state index contributed by atoms with van der Waals surface area (Å²) in [4.78, 5) is 35.1. The van der Waals surface area contributed by atoms with Gasteiger partial charge >= 0.3 is 0 Å². The van der Waals surface area contributed by atoms with Crippen molar-refractivity contribution in [3.8, 4) is 17.1 Å². The maximum atomic E-state index is 13.5. The van der Waals surface area contributed by atoms with Gasteiger partial charge in [-0.3, -0.25) is 9.48 Å². The highest BCUT2D eigenvalue weighted by molar-refractivity contribution is 5.85. The number of hydrogen-bond acceptors (Lipinski definition) is 10. The molecule has 3 fully saturated rings. The van der Waals surface area contributed by atoms with E-state index < -0.39 is 5.54 Å². The summed E-state index contributed by atoms with van der Waals surface area (Å²) >= 11 is 0. The van der Waals surface area contributed by atoms with Crippen molar-refractivity contribution >= 4 is 17.8 Å². The molecule has 3 aromatic rings. The highest BCUT2D eigenvalue weighted by Gasteiger charge is 2.50. The highest BCUT2D eigenvalue weighted by atomic mass is 16.5. The monoisotopic (exact) mass is 505 g/mol. The number of hydrogen-bond donors (Lipinski definition) is 1. The number of nitrogen functional groups attached to an aromatic ring is 1. The molecule has 1 saturated heterocycles. The molecule has 0 atom stereocenters. The topological polar surface area (TPSA) is 137 Å². The second kappa shape index (κ2) is 9.58. The Labute approximate surface area is 214 Å². The molecule has 0 aromatic carbocycles. The van der Waals surface area contributed by atoms with Crippen molar-refractivity contribution in [2.45, 2.75) is 49.8 Å². The highest BCUT2D eigenvalue weighted by Crippen LogP contribution is 2.42. The van der Waals surface area contributed by atoms with E-state index in [4.69, 9.17) is 25.2 Å². The molecule has 194 valence electrons. The predicted molar refractivity (Wildman–Crippen MR) is 135 cm³/mol. The number of carbonyl (C=O) groups excluding carboxylic acids is 1. The zero-order valence-electron chi connectivity index (χ0n) is 20.9. The first-order valence-corrected chi connectivity index (χ1v) is 12.8. The van der Waals surface area contributed by atoms with Gasteiger partial charge in [0.05, 0.1) is 18.9 Å². The van der Waals surface area contributed by atoms with Gasteiger partial charge in [-0.1, -0.05) is 0 Å². The maximum absolute atomic E-state index is 13.5. The minimum atomic E-state index is -0.542. The lowest BCUT2D eigenvalue weighted by atomic mass is 9.74. The number of rotatable bonds is 7. The first-order chi connectivity index (χ1) is 18.0. The lowest BCUT2D eigenvalue weighted by molar-refractivity contribution is -0.150. The average Bonchev–Trinajstić information content (AvgIpc) is 3.41. The Morgan fingerprint density at radius 3 is 2.59 bits per heavy atom. The summed E-state index contributed by atoms with van der Waals surface area (Å²) in [6, 6.07) is 3.80. The second-order valence-electron chi connectivity index (χ2n) is 9.94. The van der Waals surface area contributed by atoms with Crippen LogP contribution >= 0.6 is 0 Å². The van der Waals surface area contributed by atoms with Crippen LogP contribution in [0.1, 0.15) is 32.1 Å². The molecule has 3 aliphatic rings. The molecule has 12 nitrogen and oxygen atoms in total. The first kappa shape index (κ1) is 23.6. The van der Waals surface area contributed by atoms with Crippen LogP contribution in [0.5, 0.6) is 5.88 Å². The van der Waals surface area contributed by atoms with E-state index in [0.29, 0.717) is 43.8 Å². The first-order valence-electron chi connectivity index (χ1n) is 12.8. The van der Waals surface area contributed by atoms with Crippen LogP contribution < -0.4 is 15.4 Å². The van der Waals surface area contributed by atoms with E-state index in [9.17, 15) is 4.79 Å². The van der Waals surface area contributed by atoms with Gasteiger partial charge in [-0.2, -0.15) is 10.1 Å². The van der Waals surface area contributed by atoms with Crippen LogP contribution in [0.25, 0.3) is 11.3 Å². The number of anilines is 2. The molecule has 2 saturated carbocycles. The minimum Gasteiger partial charge on any atom is -0.474 e. The second-order valence-corrected chi connectivity index (χ2v) is 9.94. The number of carbonyl (C=O) groups is 1. The van der Waals surface area contributed by atoms with Gasteiger partial charge in [-0.25, -0.2) is 15.0 Å². The molecule has 37 heavy (non-hydrogen) atoms. The van der Waals surface area contributed by atoms with E-state index in [2.05, 4.69) is 20.0 Å². The molecule has 0 radical (unpaired) electrons. The molecule has 0 bridgehead atoms. The molecule has 2 aliphatic carbocycles. The van der Waals surface area contributed by atoms with Gasteiger partial charge in [-0.05, 0) is 25.3 Å². The molecule has 6 rings (SSSR count). The van der Waals surface area contributed by atoms with Crippen LogP contribution in [0.2, 0.25) is 0 Å². The fourth-order valence-corrected chi connectivity index (χ4v) is 5.19. The Morgan fingerprint density at radius 2 is 1.95 bits per heavy atom. The van der Waals surface area contributed by atoms with Gasteiger partial charge in [-0.15, -0.1) is 0 Å². The van der Waals surface area contributed by atoms with Gasteiger partial charge in [0.25, 0.3) is 5.91 Å². The van der Waals surface area contributed by atoms with Crippen LogP contribution in [0.3, 0.4) is 0 Å². The molecule has 0 unspecified atom stereocenters. The molecule has 4 heterocycles. The van der Waals surface area contributed by atoms with E-state index in [1.165, 1.54) is 0 Å². The number of amides is 1. The van der Waals surface area contributed by atoms with Gasteiger partial charge in [0, 0.05) is 75.4 Å². The molecular weight excluding hydrogens is 474 g/mol. The van der Waals surface area contributed by atoms with Crippen LogP contribution in [-0.2, 0) is 15.1 Å². The van der Waals surface area contributed by atoms with E-state index in [-0.39, 0.29) is 24.0 Å². The zero-order valence-corrected chi connectivity index (χ0v) is 20.9. The zero-order chi connectivity index (χ0) is 25.4. The van der Waals surface area contributed by atoms with Crippen molar-refractivity contribution < 1.29 is 14.3 Å². The summed E-state index contributed by atoms with van der Waals surface area (Å²) < 4.78 is 13.6.